The minimum Gasteiger partial charge on any atom is -0.337 e. The fourth-order valence-electron chi connectivity index (χ4n) is 3.46. The van der Waals surface area contributed by atoms with E-state index in [9.17, 15) is 4.79 Å². The minimum absolute atomic E-state index is 0.0848. The third kappa shape index (κ3) is 3.25. The summed E-state index contributed by atoms with van der Waals surface area (Å²) >= 11 is 1.49. The maximum Gasteiger partial charge on any atom is 0.264 e. The molecular weight excluding hydrogens is 360 g/mol. The van der Waals surface area contributed by atoms with Gasteiger partial charge in [-0.25, -0.2) is 19.9 Å². The van der Waals surface area contributed by atoms with Crippen molar-refractivity contribution in [1.82, 2.24) is 24.8 Å². The summed E-state index contributed by atoms with van der Waals surface area (Å²) in [4.78, 5) is 36.6. The Morgan fingerprint density at radius 1 is 1.11 bits per heavy atom. The van der Waals surface area contributed by atoms with E-state index in [2.05, 4.69) is 24.8 Å². The highest BCUT2D eigenvalue weighted by molar-refractivity contribution is 7.20. The average Bonchev–Trinajstić information content (AvgIpc) is 3.05. The van der Waals surface area contributed by atoms with Crippen molar-refractivity contribution in [2.45, 2.75) is 27.2 Å². The van der Waals surface area contributed by atoms with Gasteiger partial charge in [-0.15, -0.1) is 11.3 Å². The summed E-state index contributed by atoms with van der Waals surface area (Å²) in [6.45, 7) is 8.84. The van der Waals surface area contributed by atoms with Crippen molar-refractivity contribution in [3.05, 3.63) is 40.4 Å². The number of piperazine rings is 1. The zero-order valence-electron chi connectivity index (χ0n) is 15.8. The molecule has 0 aliphatic carbocycles. The summed E-state index contributed by atoms with van der Waals surface area (Å²) < 4.78 is 0. The zero-order chi connectivity index (χ0) is 19.0. The van der Waals surface area contributed by atoms with Crippen LogP contribution in [0.3, 0.4) is 0 Å². The van der Waals surface area contributed by atoms with E-state index in [-0.39, 0.29) is 5.91 Å². The number of nitrogens with zero attached hydrogens (tertiary/aromatic N) is 6. The van der Waals surface area contributed by atoms with Gasteiger partial charge in [0.25, 0.3) is 5.91 Å². The van der Waals surface area contributed by atoms with Gasteiger partial charge in [-0.2, -0.15) is 0 Å². The molecule has 0 saturated carbocycles. The topological polar surface area (TPSA) is 75.1 Å². The Hall–Kier alpha value is -2.61. The predicted molar refractivity (Wildman–Crippen MR) is 106 cm³/mol. The van der Waals surface area contributed by atoms with Crippen LogP contribution >= 0.6 is 11.3 Å². The number of aryl methyl sites for hydroxylation is 3. The monoisotopic (exact) mass is 382 g/mol. The van der Waals surface area contributed by atoms with Gasteiger partial charge in [0.2, 0.25) is 5.95 Å². The summed E-state index contributed by atoms with van der Waals surface area (Å²) in [6, 6.07) is 1.81. The Labute approximate surface area is 162 Å². The summed E-state index contributed by atoms with van der Waals surface area (Å²) in [5, 5.41) is 1.02. The van der Waals surface area contributed by atoms with E-state index in [0.717, 1.165) is 57.6 Å². The number of hydrogen-bond donors (Lipinski definition) is 0. The SMILES string of the molecule is CCc1nc(C)c2c(C)c(C(=O)N3CCN(c4ncccn4)CC3)sc2n1. The molecule has 4 rings (SSSR count). The Balaban J connectivity index is 1.55. The molecule has 0 unspecified atom stereocenters. The molecular formula is C19H22N6OS. The first kappa shape index (κ1) is 17.8. The van der Waals surface area contributed by atoms with Crippen LogP contribution in [0.5, 0.6) is 0 Å². The molecule has 4 heterocycles. The van der Waals surface area contributed by atoms with E-state index < -0.39 is 0 Å². The summed E-state index contributed by atoms with van der Waals surface area (Å²) in [7, 11) is 0. The molecule has 1 saturated heterocycles. The first-order chi connectivity index (χ1) is 13.1. The number of anilines is 1. The quantitative estimate of drug-likeness (QED) is 0.693. The normalized spacial score (nSPS) is 14.8. The van der Waals surface area contributed by atoms with Gasteiger partial charge in [-0.05, 0) is 25.5 Å². The van der Waals surface area contributed by atoms with Gasteiger partial charge in [0, 0.05) is 56.1 Å². The van der Waals surface area contributed by atoms with E-state index >= 15 is 0 Å². The van der Waals surface area contributed by atoms with Crippen LogP contribution in [0.15, 0.2) is 18.5 Å². The molecule has 1 amide bonds. The van der Waals surface area contributed by atoms with Gasteiger partial charge in [0.15, 0.2) is 0 Å². The Morgan fingerprint density at radius 3 is 2.48 bits per heavy atom. The van der Waals surface area contributed by atoms with Gasteiger partial charge in [0.1, 0.15) is 10.7 Å². The van der Waals surface area contributed by atoms with Crippen molar-refractivity contribution in [1.29, 1.82) is 0 Å². The summed E-state index contributed by atoms with van der Waals surface area (Å²) in [6.07, 6.45) is 4.28. The van der Waals surface area contributed by atoms with Crippen molar-refractivity contribution >= 4 is 33.4 Å². The Bertz CT molecular complexity index is 979. The van der Waals surface area contributed by atoms with E-state index in [1.165, 1.54) is 11.3 Å². The molecule has 1 aliphatic heterocycles. The van der Waals surface area contributed by atoms with Crippen molar-refractivity contribution in [3.63, 3.8) is 0 Å². The van der Waals surface area contributed by atoms with Crippen LogP contribution < -0.4 is 4.90 Å². The smallest absolute Gasteiger partial charge is 0.264 e. The van der Waals surface area contributed by atoms with Gasteiger partial charge in [-0.1, -0.05) is 6.92 Å². The van der Waals surface area contributed by atoms with E-state index in [4.69, 9.17) is 0 Å². The first-order valence-corrected chi connectivity index (χ1v) is 9.98. The van der Waals surface area contributed by atoms with E-state index in [0.29, 0.717) is 13.1 Å². The highest BCUT2D eigenvalue weighted by Gasteiger charge is 2.27. The fourth-order valence-corrected chi connectivity index (χ4v) is 4.68. The number of thiophene rings is 1. The number of amides is 1. The third-order valence-electron chi connectivity index (χ3n) is 4.93. The highest BCUT2D eigenvalue weighted by atomic mass is 32.1. The van der Waals surface area contributed by atoms with E-state index in [1.807, 2.05) is 31.7 Å². The molecule has 0 N–H and O–H groups in total. The molecule has 0 aromatic carbocycles. The molecule has 1 aliphatic rings. The zero-order valence-corrected chi connectivity index (χ0v) is 16.6. The maximum absolute atomic E-state index is 13.1. The Morgan fingerprint density at radius 2 is 1.81 bits per heavy atom. The van der Waals surface area contributed by atoms with Gasteiger partial charge in [-0.3, -0.25) is 4.79 Å². The molecule has 1 fully saturated rings. The van der Waals surface area contributed by atoms with Gasteiger partial charge in [0.05, 0.1) is 4.88 Å². The molecule has 8 heteroatoms. The lowest BCUT2D eigenvalue weighted by atomic mass is 10.1. The van der Waals surface area contributed by atoms with Gasteiger partial charge >= 0.3 is 0 Å². The van der Waals surface area contributed by atoms with Crippen LogP contribution in [0, 0.1) is 13.8 Å². The standard InChI is InChI=1S/C19H22N6OS/c1-4-14-22-13(3)15-12(2)16(27-17(15)23-14)18(26)24-8-10-25(11-9-24)19-20-6-5-7-21-19/h5-7H,4,8-11H2,1-3H3. The van der Waals surface area contributed by atoms with Crippen LogP contribution in [0.2, 0.25) is 0 Å². The summed E-state index contributed by atoms with van der Waals surface area (Å²) in [5.41, 5.74) is 1.95. The number of aromatic nitrogens is 4. The molecule has 140 valence electrons. The molecule has 3 aromatic heterocycles. The molecule has 0 radical (unpaired) electrons. The van der Waals surface area contributed by atoms with E-state index in [1.54, 1.807) is 12.4 Å². The average molecular weight is 382 g/mol. The number of carbonyl (C=O) groups is 1. The molecule has 0 bridgehead atoms. The number of fused-ring (bicyclic) bond motifs is 1. The Kier molecular flexibility index (Phi) is 4.73. The van der Waals surface area contributed by atoms with Crippen molar-refractivity contribution < 1.29 is 4.79 Å². The molecule has 7 nitrogen and oxygen atoms in total. The molecule has 0 spiro atoms. The largest absolute Gasteiger partial charge is 0.337 e. The van der Waals surface area contributed by atoms with Crippen LogP contribution in [0.4, 0.5) is 5.95 Å². The predicted octanol–water partition coefficient (Wildman–Crippen LogP) is 2.62. The minimum atomic E-state index is 0.0848. The summed E-state index contributed by atoms with van der Waals surface area (Å²) in [5.74, 6) is 1.64. The third-order valence-corrected chi connectivity index (χ3v) is 6.10. The molecule has 27 heavy (non-hydrogen) atoms. The number of rotatable bonds is 3. The second kappa shape index (κ2) is 7.19. The highest BCUT2D eigenvalue weighted by Crippen LogP contribution is 2.32. The maximum atomic E-state index is 13.1. The number of carbonyl (C=O) groups excluding carboxylic acids is 1. The fraction of sp³-hybridized carbons (Fsp3) is 0.421. The molecule has 3 aromatic rings. The first-order valence-electron chi connectivity index (χ1n) is 9.16. The molecule has 0 atom stereocenters. The second-order valence-corrected chi connectivity index (χ2v) is 7.64. The van der Waals surface area contributed by atoms with Gasteiger partial charge < -0.3 is 9.80 Å². The van der Waals surface area contributed by atoms with Crippen molar-refractivity contribution in [2.24, 2.45) is 0 Å². The van der Waals surface area contributed by atoms with Crippen LogP contribution in [0.25, 0.3) is 10.2 Å². The van der Waals surface area contributed by atoms with Crippen molar-refractivity contribution in [3.8, 4) is 0 Å². The van der Waals surface area contributed by atoms with Crippen LogP contribution in [-0.2, 0) is 6.42 Å². The van der Waals surface area contributed by atoms with Crippen LogP contribution in [-0.4, -0.2) is 56.9 Å². The second-order valence-electron chi connectivity index (χ2n) is 6.64. The van der Waals surface area contributed by atoms with Crippen molar-refractivity contribution in [2.75, 3.05) is 31.1 Å². The lowest BCUT2D eigenvalue weighted by molar-refractivity contribution is 0.0750. The lowest BCUT2D eigenvalue weighted by Gasteiger charge is -2.34. The number of hydrogen-bond acceptors (Lipinski definition) is 7. The lowest BCUT2D eigenvalue weighted by Crippen LogP contribution is -2.49. The van der Waals surface area contributed by atoms with Crippen LogP contribution in [0.1, 0.15) is 33.7 Å².